The van der Waals surface area contributed by atoms with E-state index < -0.39 is 51.1 Å². The Kier molecular flexibility index (Phi) is 4.04. The lowest BCUT2D eigenvalue weighted by Gasteiger charge is -2.09. The Balaban J connectivity index is 2.35. The number of rotatable bonds is 2. The van der Waals surface area contributed by atoms with Crippen LogP contribution < -0.4 is 11.1 Å². The van der Waals surface area contributed by atoms with Crippen LogP contribution >= 0.6 is 11.6 Å². The van der Waals surface area contributed by atoms with Crippen LogP contribution in [0.15, 0.2) is 24.3 Å². The lowest BCUT2D eigenvalue weighted by molar-refractivity contribution is 0.102. The first-order valence-electron chi connectivity index (χ1n) is 5.50. The van der Waals surface area contributed by atoms with Crippen molar-refractivity contribution in [2.75, 3.05) is 11.1 Å². The molecular formula is C13H7ClF4N2O. The molecule has 0 aliphatic heterocycles. The number of halogens is 5. The minimum absolute atomic E-state index is 0.391. The molecule has 0 aromatic heterocycles. The molecule has 2 rings (SSSR count). The van der Waals surface area contributed by atoms with E-state index in [9.17, 15) is 22.4 Å². The van der Waals surface area contributed by atoms with Gasteiger partial charge in [-0.05, 0) is 18.2 Å². The lowest BCUT2D eigenvalue weighted by Crippen LogP contribution is -2.15. The second kappa shape index (κ2) is 5.61. The highest BCUT2D eigenvalue weighted by molar-refractivity contribution is 6.34. The number of amides is 1. The molecule has 3 nitrogen and oxygen atoms in total. The average Bonchev–Trinajstić information content (AvgIpc) is 2.39. The summed E-state index contributed by atoms with van der Waals surface area (Å²) in [6, 6.07) is 2.65. The summed E-state index contributed by atoms with van der Waals surface area (Å²) in [6.07, 6.45) is 0. The Labute approximate surface area is 121 Å². The van der Waals surface area contributed by atoms with E-state index in [0.717, 1.165) is 6.07 Å². The first-order valence-corrected chi connectivity index (χ1v) is 5.88. The number of nitrogens with two attached hydrogens (primary N) is 1. The summed E-state index contributed by atoms with van der Waals surface area (Å²) in [6.45, 7) is 0. The highest BCUT2D eigenvalue weighted by atomic mass is 35.5. The lowest BCUT2D eigenvalue weighted by atomic mass is 10.1. The molecule has 0 heterocycles. The summed E-state index contributed by atoms with van der Waals surface area (Å²) < 4.78 is 52.9. The molecule has 0 aliphatic carbocycles. The number of carbonyl (C=O) groups excluding carboxylic acids is 1. The summed E-state index contributed by atoms with van der Waals surface area (Å²) in [5, 5.41) is 1.62. The third-order valence-corrected chi connectivity index (χ3v) is 2.88. The molecule has 0 unspecified atom stereocenters. The van der Waals surface area contributed by atoms with Gasteiger partial charge in [0, 0.05) is 11.6 Å². The first-order chi connectivity index (χ1) is 9.79. The van der Waals surface area contributed by atoms with Gasteiger partial charge in [0.2, 0.25) is 0 Å². The molecule has 3 N–H and O–H groups in total. The van der Waals surface area contributed by atoms with E-state index in [0.29, 0.717) is 18.2 Å². The molecule has 0 saturated heterocycles. The van der Waals surface area contributed by atoms with Gasteiger partial charge < -0.3 is 11.1 Å². The molecule has 0 spiro atoms. The van der Waals surface area contributed by atoms with E-state index in [1.54, 1.807) is 0 Å². The standard InChI is InChI=1S/C13H7ClF4N2O/c14-7-3-6(15)4-10(18)12(7)20-13(21)5-1-8(16)11(19)9(17)2-5/h1-4H,19H2,(H,20,21). The van der Waals surface area contributed by atoms with Crippen LogP contribution in [0.25, 0.3) is 0 Å². The van der Waals surface area contributed by atoms with E-state index in [-0.39, 0.29) is 0 Å². The van der Waals surface area contributed by atoms with Crippen molar-refractivity contribution in [1.82, 2.24) is 0 Å². The maximum atomic E-state index is 13.5. The van der Waals surface area contributed by atoms with Crippen LogP contribution in [0.5, 0.6) is 0 Å². The third-order valence-electron chi connectivity index (χ3n) is 2.59. The van der Waals surface area contributed by atoms with E-state index in [2.05, 4.69) is 0 Å². The molecule has 0 bridgehead atoms. The molecule has 2 aromatic carbocycles. The molecule has 8 heteroatoms. The molecule has 1 amide bonds. The smallest absolute Gasteiger partial charge is 0.255 e. The van der Waals surface area contributed by atoms with Gasteiger partial charge in [-0.3, -0.25) is 4.79 Å². The average molecular weight is 319 g/mol. The minimum atomic E-state index is -1.13. The van der Waals surface area contributed by atoms with Crippen molar-refractivity contribution in [3.05, 3.63) is 58.1 Å². The minimum Gasteiger partial charge on any atom is -0.394 e. The molecule has 110 valence electrons. The number of anilines is 2. The van der Waals surface area contributed by atoms with Gasteiger partial charge in [0.15, 0.2) is 5.82 Å². The van der Waals surface area contributed by atoms with Gasteiger partial charge in [-0.25, -0.2) is 17.6 Å². The molecule has 0 fully saturated rings. The zero-order valence-corrected chi connectivity index (χ0v) is 10.9. The monoisotopic (exact) mass is 318 g/mol. The van der Waals surface area contributed by atoms with E-state index >= 15 is 0 Å². The number of benzene rings is 2. The molecule has 0 saturated carbocycles. The van der Waals surface area contributed by atoms with Crippen molar-refractivity contribution in [1.29, 1.82) is 0 Å². The van der Waals surface area contributed by atoms with Crippen LogP contribution in [-0.4, -0.2) is 5.91 Å². The topological polar surface area (TPSA) is 55.1 Å². The summed E-state index contributed by atoms with van der Waals surface area (Å²) in [5.74, 6) is -5.35. The fourth-order valence-electron chi connectivity index (χ4n) is 1.56. The second-order valence-corrected chi connectivity index (χ2v) is 4.46. The Morgan fingerprint density at radius 2 is 1.57 bits per heavy atom. The molecule has 0 aliphatic rings. The van der Waals surface area contributed by atoms with Crippen LogP contribution in [0, 0.1) is 23.3 Å². The quantitative estimate of drug-likeness (QED) is 0.655. The Hall–Kier alpha value is -2.28. The maximum absolute atomic E-state index is 13.5. The van der Waals surface area contributed by atoms with Crippen LogP contribution in [0.2, 0.25) is 5.02 Å². The Morgan fingerprint density at radius 3 is 2.10 bits per heavy atom. The molecule has 21 heavy (non-hydrogen) atoms. The van der Waals surface area contributed by atoms with Crippen molar-refractivity contribution in [2.24, 2.45) is 0 Å². The molecular weight excluding hydrogens is 312 g/mol. The Morgan fingerprint density at radius 1 is 1.00 bits per heavy atom. The summed E-state index contributed by atoms with van der Waals surface area (Å²) in [7, 11) is 0. The van der Waals surface area contributed by atoms with Gasteiger partial charge in [0.1, 0.15) is 23.1 Å². The maximum Gasteiger partial charge on any atom is 0.255 e. The number of hydrogen-bond acceptors (Lipinski definition) is 2. The summed E-state index contributed by atoms with van der Waals surface area (Å²) >= 11 is 5.59. The van der Waals surface area contributed by atoms with Crippen LogP contribution in [-0.2, 0) is 0 Å². The SMILES string of the molecule is Nc1c(F)cc(C(=O)Nc2c(F)cc(F)cc2Cl)cc1F. The highest BCUT2D eigenvalue weighted by Crippen LogP contribution is 2.27. The molecule has 2 aromatic rings. The van der Waals surface area contributed by atoms with Gasteiger partial charge in [0.25, 0.3) is 5.91 Å². The van der Waals surface area contributed by atoms with E-state index in [1.165, 1.54) is 0 Å². The Bertz CT molecular complexity index is 690. The molecule has 0 radical (unpaired) electrons. The van der Waals surface area contributed by atoms with Crippen LogP contribution in [0.1, 0.15) is 10.4 Å². The number of carbonyl (C=O) groups is 1. The predicted octanol–water partition coefficient (Wildman–Crippen LogP) is 3.73. The zero-order chi connectivity index (χ0) is 15.7. The largest absolute Gasteiger partial charge is 0.394 e. The second-order valence-electron chi connectivity index (χ2n) is 4.05. The van der Waals surface area contributed by atoms with Gasteiger partial charge in [0.05, 0.1) is 10.7 Å². The van der Waals surface area contributed by atoms with Gasteiger partial charge in [-0.15, -0.1) is 0 Å². The van der Waals surface area contributed by atoms with Crippen LogP contribution in [0.3, 0.4) is 0 Å². The van der Waals surface area contributed by atoms with Crippen LogP contribution in [0.4, 0.5) is 28.9 Å². The van der Waals surface area contributed by atoms with Gasteiger partial charge >= 0.3 is 0 Å². The van der Waals surface area contributed by atoms with E-state index in [1.807, 2.05) is 5.32 Å². The van der Waals surface area contributed by atoms with Crippen molar-refractivity contribution >= 4 is 28.9 Å². The first kappa shape index (κ1) is 15.1. The normalized spacial score (nSPS) is 10.5. The van der Waals surface area contributed by atoms with Gasteiger partial charge in [-0.2, -0.15) is 0 Å². The van der Waals surface area contributed by atoms with Crippen molar-refractivity contribution in [3.63, 3.8) is 0 Å². The fourth-order valence-corrected chi connectivity index (χ4v) is 1.80. The summed E-state index contributed by atoms with van der Waals surface area (Å²) in [4.78, 5) is 11.8. The highest BCUT2D eigenvalue weighted by Gasteiger charge is 2.17. The fraction of sp³-hybridized carbons (Fsp3) is 0. The van der Waals surface area contributed by atoms with Gasteiger partial charge in [-0.1, -0.05) is 11.6 Å². The van der Waals surface area contributed by atoms with E-state index in [4.69, 9.17) is 17.3 Å². The molecule has 0 atom stereocenters. The number of nitrogens with one attached hydrogen (secondary N) is 1. The van der Waals surface area contributed by atoms with Crippen molar-refractivity contribution < 1.29 is 22.4 Å². The predicted molar refractivity (Wildman–Crippen MR) is 70.1 cm³/mol. The van der Waals surface area contributed by atoms with Crippen molar-refractivity contribution in [2.45, 2.75) is 0 Å². The summed E-state index contributed by atoms with van der Waals surface area (Å²) in [5.41, 5.74) is 3.39. The zero-order valence-electron chi connectivity index (χ0n) is 10.2. The van der Waals surface area contributed by atoms with Crippen molar-refractivity contribution in [3.8, 4) is 0 Å². The third kappa shape index (κ3) is 3.08. The number of hydrogen-bond donors (Lipinski definition) is 2. The number of nitrogen functional groups attached to an aromatic ring is 1.